The van der Waals surface area contributed by atoms with Crippen molar-refractivity contribution in [1.29, 1.82) is 0 Å². The minimum absolute atomic E-state index is 0.155. The summed E-state index contributed by atoms with van der Waals surface area (Å²) in [7, 11) is 0. The fraction of sp³-hybridized carbons (Fsp3) is 0.375. The van der Waals surface area contributed by atoms with E-state index in [1.54, 1.807) is 24.8 Å². The van der Waals surface area contributed by atoms with Crippen LogP contribution in [-0.4, -0.2) is 44.9 Å². The Hall–Kier alpha value is -2.86. The van der Waals surface area contributed by atoms with Crippen LogP contribution in [0.25, 0.3) is 22.2 Å². The van der Waals surface area contributed by atoms with Gasteiger partial charge in [-0.3, -0.25) is 9.59 Å². The van der Waals surface area contributed by atoms with E-state index in [9.17, 15) is 9.59 Å². The molecule has 0 bridgehead atoms. The monoisotopic (exact) mass is 438 g/mol. The number of fused-ring (bicyclic) bond motifs is 1. The second kappa shape index (κ2) is 8.00. The predicted octanol–water partition coefficient (Wildman–Crippen LogP) is 4.36. The summed E-state index contributed by atoms with van der Waals surface area (Å²) in [5.74, 6) is 0.0104. The molecule has 31 heavy (non-hydrogen) atoms. The summed E-state index contributed by atoms with van der Waals surface area (Å²) in [6, 6.07) is 11.4. The molecule has 4 rings (SSSR count). The van der Waals surface area contributed by atoms with E-state index in [1.165, 1.54) is 0 Å². The number of amides is 2. The van der Waals surface area contributed by atoms with Gasteiger partial charge in [0.05, 0.1) is 0 Å². The summed E-state index contributed by atoms with van der Waals surface area (Å²) in [5.41, 5.74) is 2.09. The number of pyridine rings is 1. The lowest BCUT2D eigenvalue weighted by Crippen LogP contribution is -2.63. The van der Waals surface area contributed by atoms with Crippen LogP contribution in [0.5, 0.6) is 0 Å². The van der Waals surface area contributed by atoms with Crippen molar-refractivity contribution in [3.63, 3.8) is 0 Å². The molecule has 0 aliphatic carbocycles. The number of benzene rings is 1. The maximum absolute atomic E-state index is 13.3. The topological polar surface area (TPSA) is 67.2 Å². The van der Waals surface area contributed by atoms with E-state index in [4.69, 9.17) is 16.6 Å². The number of hydrogen-bond donors (Lipinski definition) is 1. The molecule has 1 fully saturated rings. The molecule has 1 aromatic carbocycles. The molecule has 1 N–H and O–H groups in total. The van der Waals surface area contributed by atoms with Crippen LogP contribution in [0.4, 0.5) is 0 Å². The maximum Gasteiger partial charge on any atom is 0.273 e. The highest BCUT2D eigenvalue weighted by Gasteiger charge is 2.41. The first-order valence-electron chi connectivity index (χ1n) is 10.5. The SMILES string of the molecule is CC(C)Cn1cc(-c2ccccc2Cl)c2ccc(C(=O)N3CCNC(=O)C3(C)C)nc21. The van der Waals surface area contributed by atoms with Crippen LogP contribution in [0.1, 0.15) is 38.2 Å². The summed E-state index contributed by atoms with van der Waals surface area (Å²) in [4.78, 5) is 32.0. The molecule has 1 aliphatic heterocycles. The Balaban J connectivity index is 1.82. The first kappa shape index (κ1) is 21.4. The van der Waals surface area contributed by atoms with Gasteiger partial charge in [-0.15, -0.1) is 0 Å². The van der Waals surface area contributed by atoms with Crippen LogP contribution < -0.4 is 5.32 Å². The van der Waals surface area contributed by atoms with Gasteiger partial charge in [-0.25, -0.2) is 4.98 Å². The van der Waals surface area contributed by atoms with Gasteiger partial charge in [0.25, 0.3) is 5.91 Å². The Bertz CT molecular complexity index is 1170. The molecule has 0 saturated carbocycles. The van der Waals surface area contributed by atoms with Gasteiger partial charge in [0.1, 0.15) is 16.9 Å². The van der Waals surface area contributed by atoms with Gasteiger partial charge in [-0.05, 0) is 38.0 Å². The Kier molecular flexibility index (Phi) is 5.52. The number of aromatic nitrogens is 2. The van der Waals surface area contributed by atoms with Crippen molar-refractivity contribution in [2.24, 2.45) is 5.92 Å². The van der Waals surface area contributed by atoms with Crippen molar-refractivity contribution in [3.05, 3.63) is 53.3 Å². The van der Waals surface area contributed by atoms with Crippen LogP contribution in [0.15, 0.2) is 42.6 Å². The number of rotatable bonds is 4. The molecule has 7 heteroatoms. The van der Waals surface area contributed by atoms with Crippen LogP contribution in [0.3, 0.4) is 0 Å². The van der Waals surface area contributed by atoms with Gasteiger partial charge in [0.2, 0.25) is 5.91 Å². The van der Waals surface area contributed by atoms with Crippen molar-refractivity contribution >= 4 is 34.4 Å². The molecule has 3 aromatic rings. The third kappa shape index (κ3) is 3.81. The predicted molar refractivity (Wildman–Crippen MR) is 123 cm³/mol. The van der Waals surface area contributed by atoms with E-state index in [-0.39, 0.29) is 11.8 Å². The Morgan fingerprint density at radius 3 is 2.65 bits per heavy atom. The highest BCUT2D eigenvalue weighted by molar-refractivity contribution is 6.33. The highest BCUT2D eigenvalue weighted by Crippen LogP contribution is 2.35. The van der Waals surface area contributed by atoms with E-state index >= 15 is 0 Å². The molecule has 0 unspecified atom stereocenters. The van der Waals surface area contributed by atoms with Gasteiger partial charge < -0.3 is 14.8 Å². The van der Waals surface area contributed by atoms with Gasteiger partial charge in [0.15, 0.2) is 0 Å². The van der Waals surface area contributed by atoms with E-state index in [0.717, 1.165) is 28.7 Å². The zero-order valence-corrected chi connectivity index (χ0v) is 19.0. The van der Waals surface area contributed by atoms with Crippen molar-refractivity contribution in [3.8, 4) is 11.1 Å². The summed E-state index contributed by atoms with van der Waals surface area (Å²) in [6.07, 6.45) is 2.06. The molecule has 6 nitrogen and oxygen atoms in total. The van der Waals surface area contributed by atoms with E-state index < -0.39 is 5.54 Å². The summed E-state index contributed by atoms with van der Waals surface area (Å²) < 4.78 is 2.09. The van der Waals surface area contributed by atoms with Crippen molar-refractivity contribution in [2.45, 2.75) is 39.8 Å². The van der Waals surface area contributed by atoms with Gasteiger partial charge in [-0.1, -0.05) is 43.6 Å². The number of nitrogens with zero attached hydrogens (tertiary/aromatic N) is 3. The second-order valence-corrected chi connectivity index (χ2v) is 9.32. The molecule has 0 radical (unpaired) electrons. The van der Waals surface area contributed by atoms with Gasteiger partial charge >= 0.3 is 0 Å². The summed E-state index contributed by atoms with van der Waals surface area (Å²) in [6.45, 7) is 9.47. The average molecular weight is 439 g/mol. The minimum Gasteiger partial charge on any atom is -0.352 e. The molecular weight excluding hydrogens is 412 g/mol. The van der Waals surface area contributed by atoms with Gasteiger partial charge in [-0.2, -0.15) is 0 Å². The highest BCUT2D eigenvalue weighted by atomic mass is 35.5. The zero-order valence-electron chi connectivity index (χ0n) is 18.3. The molecule has 2 amide bonds. The first-order chi connectivity index (χ1) is 14.7. The molecule has 3 heterocycles. The van der Waals surface area contributed by atoms with Gasteiger partial charge in [0, 0.05) is 47.4 Å². The number of hydrogen-bond acceptors (Lipinski definition) is 3. The third-order valence-corrected chi connectivity index (χ3v) is 6.09. The lowest BCUT2D eigenvalue weighted by atomic mass is 9.98. The Labute approximate surface area is 187 Å². The lowest BCUT2D eigenvalue weighted by Gasteiger charge is -2.40. The van der Waals surface area contributed by atoms with E-state index in [0.29, 0.717) is 29.7 Å². The van der Waals surface area contributed by atoms with Crippen LogP contribution in [0, 0.1) is 5.92 Å². The van der Waals surface area contributed by atoms with Crippen molar-refractivity contribution in [2.75, 3.05) is 13.1 Å². The smallest absolute Gasteiger partial charge is 0.273 e. The Morgan fingerprint density at radius 1 is 1.19 bits per heavy atom. The zero-order chi connectivity index (χ0) is 22.3. The van der Waals surface area contributed by atoms with Crippen LogP contribution >= 0.6 is 11.6 Å². The minimum atomic E-state index is -0.922. The normalized spacial score (nSPS) is 16.1. The number of piperazine rings is 1. The fourth-order valence-corrected chi connectivity index (χ4v) is 4.34. The van der Waals surface area contributed by atoms with Crippen molar-refractivity contribution < 1.29 is 9.59 Å². The number of halogens is 1. The molecule has 162 valence electrons. The van der Waals surface area contributed by atoms with Crippen molar-refractivity contribution in [1.82, 2.24) is 19.8 Å². The van der Waals surface area contributed by atoms with Crippen LogP contribution in [-0.2, 0) is 11.3 Å². The standard InChI is InChI=1S/C24H27ClN4O2/c1-15(2)13-28-14-18(16-7-5-6-8-19(16)25)17-9-10-20(27-21(17)28)22(30)29-12-11-26-23(31)24(29,3)4/h5-10,14-15H,11-13H2,1-4H3,(H,26,31). The average Bonchev–Trinajstić information content (AvgIpc) is 3.07. The fourth-order valence-electron chi connectivity index (χ4n) is 4.10. The van der Waals surface area contributed by atoms with E-state index in [1.807, 2.05) is 30.3 Å². The molecule has 2 aromatic heterocycles. The maximum atomic E-state index is 13.3. The Morgan fingerprint density at radius 2 is 1.94 bits per heavy atom. The molecule has 1 aliphatic rings. The first-order valence-corrected chi connectivity index (χ1v) is 10.9. The molecule has 0 spiro atoms. The lowest BCUT2D eigenvalue weighted by molar-refractivity contribution is -0.133. The third-order valence-electron chi connectivity index (χ3n) is 5.76. The number of carbonyl (C=O) groups is 2. The number of carbonyl (C=O) groups excluding carboxylic acids is 2. The number of nitrogens with one attached hydrogen (secondary N) is 1. The largest absolute Gasteiger partial charge is 0.352 e. The van der Waals surface area contributed by atoms with Crippen LogP contribution in [0.2, 0.25) is 5.02 Å². The molecular formula is C24H27ClN4O2. The van der Waals surface area contributed by atoms with E-state index in [2.05, 4.69) is 29.9 Å². The molecule has 0 atom stereocenters. The summed E-state index contributed by atoms with van der Waals surface area (Å²) >= 11 is 6.47. The summed E-state index contributed by atoms with van der Waals surface area (Å²) in [5, 5.41) is 4.44. The quantitative estimate of drug-likeness (QED) is 0.657. The molecule has 1 saturated heterocycles. The second-order valence-electron chi connectivity index (χ2n) is 8.91.